The highest BCUT2D eigenvalue weighted by molar-refractivity contribution is 7.89. The van der Waals surface area contributed by atoms with Gasteiger partial charge in [-0.2, -0.15) is 0 Å². The van der Waals surface area contributed by atoms with E-state index in [1.807, 2.05) is 31.2 Å². The second kappa shape index (κ2) is 7.94. The molecule has 0 amide bonds. The average molecular weight is 386 g/mol. The molecule has 0 radical (unpaired) electrons. The molecule has 0 aromatic heterocycles. The van der Waals surface area contributed by atoms with Gasteiger partial charge in [-0.05, 0) is 49.1 Å². The molecule has 0 heterocycles. The molecule has 142 valence electrons. The maximum absolute atomic E-state index is 12.4. The maximum atomic E-state index is 12.4. The molecule has 2 aromatic rings. The second-order valence-corrected chi connectivity index (χ2v) is 8.24. The first-order chi connectivity index (χ1) is 12.9. The van der Waals surface area contributed by atoms with Crippen molar-refractivity contribution in [2.24, 2.45) is 0 Å². The molecule has 0 fully saturated rings. The minimum absolute atomic E-state index is 0.0141. The summed E-state index contributed by atoms with van der Waals surface area (Å²) in [6.45, 7) is 1.89. The van der Waals surface area contributed by atoms with Crippen molar-refractivity contribution < 1.29 is 17.9 Å². The molecule has 2 aromatic carbocycles. The Morgan fingerprint density at radius 2 is 1.67 bits per heavy atom. The van der Waals surface area contributed by atoms with Crippen molar-refractivity contribution in [3.05, 3.63) is 71.4 Å². The molecule has 0 aliphatic heterocycles. The molecule has 0 saturated heterocycles. The van der Waals surface area contributed by atoms with Crippen LogP contribution in [0.25, 0.3) is 0 Å². The molecule has 1 atom stereocenters. The Kier molecular flexibility index (Phi) is 5.62. The fraction of sp³-hybridized carbons (Fsp3) is 0.250. The molecule has 27 heavy (non-hydrogen) atoms. The largest absolute Gasteiger partial charge is 0.497 e. The summed E-state index contributed by atoms with van der Waals surface area (Å²) in [6.07, 6.45) is 2.38. The topological polar surface area (TPSA) is 84.5 Å². The van der Waals surface area contributed by atoms with Crippen LogP contribution in [0.4, 0.5) is 0 Å². The monoisotopic (exact) mass is 386 g/mol. The fourth-order valence-corrected chi connectivity index (χ4v) is 3.88. The van der Waals surface area contributed by atoms with Crippen molar-refractivity contribution in [3.63, 3.8) is 0 Å². The van der Waals surface area contributed by atoms with E-state index in [0.717, 1.165) is 16.9 Å². The van der Waals surface area contributed by atoms with Gasteiger partial charge in [-0.15, -0.1) is 4.83 Å². The Hall–Kier alpha value is -2.64. The minimum atomic E-state index is -3.71. The van der Waals surface area contributed by atoms with Gasteiger partial charge in [0.1, 0.15) is 5.75 Å². The number of hydrogen-bond acceptors (Lipinski definition) is 5. The van der Waals surface area contributed by atoms with E-state index in [4.69, 9.17) is 4.74 Å². The number of ether oxygens (including phenoxy) is 1. The summed E-state index contributed by atoms with van der Waals surface area (Å²) >= 11 is 0. The number of carbonyl (C=O) groups excluding carboxylic acids is 1. The van der Waals surface area contributed by atoms with Crippen LogP contribution in [0.2, 0.25) is 0 Å². The summed E-state index contributed by atoms with van der Waals surface area (Å²) in [5.74, 6) is 0.694. The first kappa shape index (κ1) is 19.1. The van der Waals surface area contributed by atoms with Crippen molar-refractivity contribution in [3.8, 4) is 5.75 Å². The number of benzene rings is 2. The smallest absolute Gasteiger partial charge is 0.257 e. The molecular formula is C20H22N2O4S. The minimum Gasteiger partial charge on any atom is -0.497 e. The van der Waals surface area contributed by atoms with Gasteiger partial charge in [0.25, 0.3) is 10.0 Å². The SMILES string of the molecule is COc1ccc([C@@H]2CC(=O)C=C(NNS(=O)(=O)c3ccc(C)cc3)C2)cc1. The quantitative estimate of drug-likeness (QED) is 0.746. The first-order valence-corrected chi connectivity index (χ1v) is 10.1. The molecule has 0 unspecified atom stereocenters. The second-order valence-electron chi connectivity index (χ2n) is 6.56. The van der Waals surface area contributed by atoms with Gasteiger partial charge in [-0.25, -0.2) is 8.42 Å². The lowest BCUT2D eigenvalue weighted by atomic mass is 9.85. The number of aryl methyl sites for hydroxylation is 1. The Balaban J connectivity index is 1.69. The Morgan fingerprint density at radius 3 is 2.30 bits per heavy atom. The molecular weight excluding hydrogens is 364 g/mol. The predicted octanol–water partition coefficient (Wildman–Crippen LogP) is 2.82. The van der Waals surface area contributed by atoms with Crippen molar-refractivity contribution in [2.45, 2.75) is 30.6 Å². The maximum Gasteiger partial charge on any atom is 0.257 e. The molecule has 1 aliphatic rings. The van der Waals surface area contributed by atoms with Crippen molar-refractivity contribution >= 4 is 15.8 Å². The van der Waals surface area contributed by atoms with Gasteiger partial charge < -0.3 is 10.2 Å². The molecule has 3 rings (SSSR count). The third kappa shape index (κ3) is 4.75. The van der Waals surface area contributed by atoms with Gasteiger partial charge in [-0.1, -0.05) is 29.8 Å². The lowest BCUT2D eigenvalue weighted by Crippen LogP contribution is -2.38. The van der Waals surface area contributed by atoms with Crippen molar-refractivity contribution in [1.29, 1.82) is 0 Å². The van der Waals surface area contributed by atoms with Crippen molar-refractivity contribution in [1.82, 2.24) is 10.3 Å². The predicted molar refractivity (Wildman–Crippen MR) is 103 cm³/mol. The highest BCUT2D eigenvalue weighted by Gasteiger charge is 2.23. The van der Waals surface area contributed by atoms with E-state index in [1.54, 1.807) is 31.4 Å². The number of allylic oxidation sites excluding steroid dienone is 2. The Bertz CT molecular complexity index is 948. The lowest BCUT2D eigenvalue weighted by Gasteiger charge is -2.23. The van der Waals surface area contributed by atoms with Crippen LogP contribution >= 0.6 is 0 Å². The number of methoxy groups -OCH3 is 1. The average Bonchev–Trinajstić information content (AvgIpc) is 2.66. The summed E-state index contributed by atoms with van der Waals surface area (Å²) in [4.78, 5) is 14.6. The number of carbonyl (C=O) groups is 1. The number of rotatable bonds is 6. The summed E-state index contributed by atoms with van der Waals surface area (Å²) in [6, 6.07) is 14.1. The highest BCUT2D eigenvalue weighted by atomic mass is 32.2. The van der Waals surface area contributed by atoms with E-state index >= 15 is 0 Å². The zero-order valence-corrected chi connectivity index (χ0v) is 16.0. The van der Waals surface area contributed by atoms with Crippen LogP contribution in [0.15, 0.2) is 65.2 Å². The number of sulfonamides is 1. The Labute approximate surface area is 159 Å². The molecule has 0 saturated carbocycles. The van der Waals surface area contributed by atoms with Gasteiger partial charge in [0, 0.05) is 18.2 Å². The van der Waals surface area contributed by atoms with Gasteiger partial charge in [0.2, 0.25) is 0 Å². The summed E-state index contributed by atoms with van der Waals surface area (Å²) in [7, 11) is -2.11. The third-order valence-corrected chi connectivity index (χ3v) is 5.78. The van der Waals surface area contributed by atoms with Crippen molar-refractivity contribution in [2.75, 3.05) is 7.11 Å². The van der Waals surface area contributed by atoms with E-state index in [0.29, 0.717) is 18.5 Å². The van der Waals surface area contributed by atoms with Crippen LogP contribution in [0.3, 0.4) is 0 Å². The summed E-state index contributed by atoms with van der Waals surface area (Å²) in [5.41, 5.74) is 5.24. The number of hydrogen-bond donors (Lipinski definition) is 2. The highest BCUT2D eigenvalue weighted by Crippen LogP contribution is 2.31. The molecule has 2 N–H and O–H groups in total. The third-order valence-electron chi connectivity index (χ3n) is 4.51. The number of hydrazine groups is 1. The first-order valence-electron chi connectivity index (χ1n) is 8.59. The normalized spacial score (nSPS) is 17.3. The van der Waals surface area contributed by atoms with Gasteiger partial charge >= 0.3 is 0 Å². The zero-order valence-electron chi connectivity index (χ0n) is 15.2. The van der Waals surface area contributed by atoms with Crippen LogP contribution in [0.1, 0.15) is 29.9 Å². The number of nitrogens with one attached hydrogen (secondary N) is 2. The molecule has 1 aliphatic carbocycles. The van der Waals surface area contributed by atoms with Gasteiger partial charge in [0.15, 0.2) is 5.78 Å². The van der Waals surface area contributed by atoms with Crippen LogP contribution in [0.5, 0.6) is 5.75 Å². The van der Waals surface area contributed by atoms with E-state index in [9.17, 15) is 13.2 Å². The van der Waals surface area contributed by atoms with E-state index < -0.39 is 10.0 Å². The van der Waals surface area contributed by atoms with E-state index in [1.165, 1.54) is 6.08 Å². The standard InChI is InChI=1S/C20H22N2O4S/c1-14-3-9-20(10-4-14)27(24,25)22-21-17-11-16(12-18(23)13-17)15-5-7-19(26-2)8-6-15/h3-10,13,16,21-22H,11-12H2,1-2H3/t16-/m0/s1. The molecule has 7 heteroatoms. The fourth-order valence-electron chi connectivity index (χ4n) is 3.00. The summed E-state index contributed by atoms with van der Waals surface area (Å²) in [5, 5.41) is 0. The van der Waals surface area contributed by atoms with E-state index in [-0.39, 0.29) is 16.6 Å². The van der Waals surface area contributed by atoms with Crippen LogP contribution in [-0.2, 0) is 14.8 Å². The van der Waals surface area contributed by atoms with Crippen LogP contribution < -0.4 is 15.0 Å². The van der Waals surface area contributed by atoms with Crippen LogP contribution in [0, 0.1) is 6.92 Å². The number of ketones is 1. The van der Waals surface area contributed by atoms with E-state index in [2.05, 4.69) is 10.3 Å². The molecule has 0 bridgehead atoms. The lowest BCUT2D eigenvalue weighted by molar-refractivity contribution is -0.115. The van der Waals surface area contributed by atoms with Gasteiger partial charge in [0.05, 0.1) is 12.0 Å². The zero-order chi connectivity index (χ0) is 19.4. The van der Waals surface area contributed by atoms with Crippen LogP contribution in [-0.4, -0.2) is 21.3 Å². The molecule has 0 spiro atoms. The van der Waals surface area contributed by atoms with Gasteiger partial charge in [-0.3, -0.25) is 4.79 Å². The Morgan fingerprint density at radius 1 is 1.00 bits per heavy atom. The molecule has 6 nitrogen and oxygen atoms in total. The summed E-state index contributed by atoms with van der Waals surface area (Å²) < 4.78 is 29.9.